The molecule has 128 valence electrons. The van der Waals surface area contributed by atoms with Gasteiger partial charge >= 0.3 is 0 Å². The average molecular weight is 371 g/mol. The fraction of sp³-hybridized carbons (Fsp3) is 0.294. The van der Waals surface area contributed by atoms with Crippen LogP contribution in [0, 0.1) is 0 Å². The molecule has 1 fully saturated rings. The van der Waals surface area contributed by atoms with Crippen molar-refractivity contribution in [2.45, 2.75) is 6.42 Å². The van der Waals surface area contributed by atoms with Gasteiger partial charge in [-0.3, -0.25) is 4.79 Å². The third-order valence-corrected chi connectivity index (χ3v) is 6.01. The number of anilines is 1. The third kappa shape index (κ3) is 3.69. The summed E-state index contributed by atoms with van der Waals surface area (Å²) in [5, 5.41) is 5.02. The van der Waals surface area contributed by atoms with Gasteiger partial charge in [0.1, 0.15) is 5.01 Å². The lowest BCUT2D eigenvalue weighted by atomic mass is 10.2. The molecule has 1 saturated heterocycles. The van der Waals surface area contributed by atoms with Crippen molar-refractivity contribution in [3.63, 3.8) is 0 Å². The molecular weight excluding hydrogens is 354 g/mol. The van der Waals surface area contributed by atoms with Gasteiger partial charge in [-0.2, -0.15) is 0 Å². The van der Waals surface area contributed by atoms with E-state index < -0.39 is 0 Å². The zero-order chi connectivity index (χ0) is 17.1. The van der Waals surface area contributed by atoms with Crippen molar-refractivity contribution in [3.8, 4) is 9.88 Å². The summed E-state index contributed by atoms with van der Waals surface area (Å²) in [6.07, 6.45) is 3.85. The normalized spacial score (nSPS) is 14.7. The molecule has 25 heavy (non-hydrogen) atoms. The first kappa shape index (κ1) is 16.2. The van der Waals surface area contributed by atoms with E-state index in [1.165, 1.54) is 0 Å². The van der Waals surface area contributed by atoms with Crippen molar-refractivity contribution in [3.05, 3.63) is 47.0 Å². The quantitative estimate of drug-likeness (QED) is 0.705. The molecule has 3 aromatic heterocycles. The van der Waals surface area contributed by atoms with E-state index in [4.69, 9.17) is 0 Å². The Bertz CT molecular complexity index is 826. The maximum atomic E-state index is 12.5. The second kappa shape index (κ2) is 7.28. The molecule has 0 radical (unpaired) electrons. The first-order valence-electron chi connectivity index (χ1n) is 8.07. The highest BCUT2D eigenvalue weighted by Gasteiger charge is 2.23. The first-order chi connectivity index (χ1) is 12.3. The van der Waals surface area contributed by atoms with Crippen molar-refractivity contribution in [1.82, 2.24) is 19.9 Å². The summed E-state index contributed by atoms with van der Waals surface area (Å²) in [5.74, 6) is 0.867. The standard InChI is InChI=1S/C17H17N5OS2/c23-15(11-13-12-25-16(20-13)14-3-1-10-24-14)21-6-8-22(9-7-21)17-18-4-2-5-19-17/h1-5,10,12H,6-9,11H2. The number of hydrogen-bond donors (Lipinski definition) is 0. The summed E-state index contributed by atoms with van der Waals surface area (Å²) in [4.78, 5) is 30.9. The van der Waals surface area contributed by atoms with E-state index in [1.807, 2.05) is 27.8 Å². The maximum Gasteiger partial charge on any atom is 0.228 e. The Labute approximate surface area is 153 Å². The van der Waals surface area contributed by atoms with E-state index in [0.29, 0.717) is 19.5 Å². The van der Waals surface area contributed by atoms with Crippen LogP contribution in [0.15, 0.2) is 41.4 Å². The second-order valence-electron chi connectivity index (χ2n) is 5.71. The zero-order valence-corrected chi connectivity index (χ0v) is 15.2. The molecule has 1 aliphatic heterocycles. The first-order valence-corrected chi connectivity index (χ1v) is 9.83. The molecule has 3 aromatic rings. The minimum absolute atomic E-state index is 0.136. The zero-order valence-electron chi connectivity index (χ0n) is 13.5. The minimum atomic E-state index is 0.136. The van der Waals surface area contributed by atoms with Crippen LogP contribution in [0.3, 0.4) is 0 Å². The lowest BCUT2D eigenvalue weighted by molar-refractivity contribution is -0.130. The summed E-state index contributed by atoms with van der Waals surface area (Å²) < 4.78 is 0. The van der Waals surface area contributed by atoms with Crippen LogP contribution in [0.4, 0.5) is 5.95 Å². The number of piperazine rings is 1. The van der Waals surface area contributed by atoms with E-state index in [-0.39, 0.29) is 5.91 Å². The van der Waals surface area contributed by atoms with Gasteiger partial charge in [-0.15, -0.1) is 22.7 Å². The summed E-state index contributed by atoms with van der Waals surface area (Å²) in [5.41, 5.74) is 0.854. The van der Waals surface area contributed by atoms with Gasteiger partial charge in [0.2, 0.25) is 11.9 Å². The van der Waals surface area contributed by atoms with Gasteiger partial charge < -0.3 is 9.80 Å². The molecule has 0 unspecified atom stereocenters. The number of amides is 1. The Balaban J connectivity index is 1.34. The molecule has 8 heteroatoms. The number of nitrogens with zero attached hydrogens (tertiary/aromatic N) is 5. The molecule has 0 spiro atoms. The monoisotopic (exact) mass is 371 g/mol. The highest BCUT2D eigenvalue weighted by atomic mass is 32.1. The Kier molecular flexibility index (Phi) is 4.71. The van der Waals surface area contributed by atoms with Gasteiger partial charge in [0.05, 0.1) is 17.0 Å². The molecular formula is C17H17N5OS2. The van der Waals surface area contributed by atoms with Crippen LogP contribution < -0.4 is 4.90 Å². The fourth-order valence-corrected chi connectivity index (χ4v) is 4.41. The summed E-state index contributed by atoms with van der Waals surface area (Å²) >= 11 is 3.27. The number of carbonyl (C=O) groups is 1. The lowest BCUT2D eigenvalue weighted by Crippen LogP contribution is -2.49. The number of thiophene rings is 1. The fourth-order valence-electron chi connectivity index (χ4n) is 2.78. The second-order valence-corrected chi connectivity index (χ2v) is 7.52. The van der Waals surface area contributed by atoms with E-state index in [0.717, 1.165) is 34.6 Å². The SMILES string of the molecule is O=C(Cc1csc(-c2cccs2)n1)N1CCN(c2ncccn2)CC1. The largest absolute Gasteiger partial charge is 0.339 e. The van der Waals surface area contributed by atoms with Crippen molar-refractivity contribution in [2.24, 2.45) is 0 Å². The van der Waals surface area contributed by atoms with Crippen molar-refractivity contribution in [1.29, 1.82) is 0 Å². The topological polar surface area (TPSA) is 62.2 Å². The summed E-state index contributed by atoms with van der Waals surface area (Å²) in [6, 6.07) is 5.88. The number of hydrogen-bond acceptors (Lipinski definition) is 7. The van der Waals surface area contributed by atoms with Crippen molar-refractivity contribution >= 4 is 34.5 Å². The van der Waals surface area contributed by atoms with E-state index >= 15 is 0 Å². The van der Waals surface area contributed by atoms with Crippen LogP contribution in [0.1, 0.15) is 5.69 Å². The number of aromatic nitrogens is 3. The Morgan fingerprint density at radius 3 is 2.60 bits per heavy atom. The Morgan fingerprint density at radius 2 is 1.88 bits per heavy atom. The summed E-state index contributed by atoms with van der Waals surface area (Å²) in [6.45, 7) is 2.90. The Hall–Kier alpha value is -2.32. The van der Waals surface area contributed by atoms with Gasteiger partial charge in [-0.05, 0) is 17.5 Å². The third-order valence-electron chi connectivity index (χ3n) is 4.08. The van der Waals surface area contributed by atoms with Gasteiger partial charge in [-0.25, -0.2) is 15.0 Å². The molecule has 0 aromatic carbocycles. The predicted molar refractivity (Wildman–Crippen MR) is 100.0 cm³/mol. The van der Waals surface area contributed by atoms with Gasteiger partial charge in [0.25, 0.3) is 0 Å². The molecule has 6 nitrogen and oxygen atoms in total. The number of thiazole rings is 1. The molecule has 0 N–H and O–H groups in total. The van der Waals surface area contributed by atoms with E-state index in [9.17, 15) is 4.79 Å². The molecule has 0 atom stereocenters. The van der Waals surface area contributed by atoms with Crippen LogP contribution in [0.2, 0.25) is 0 Å². The van der Waals surface area contributed by atoms with Crippen LogP contribution >= 0.6 is 22.7 Å². The smallest absolute Gasteiger partial charge is 0.228 e. The molecule has 4 heterocycles. The molecule has 0 aliphatic carbocycles. The van der Waals surface area contributed by atoms with Crippen LogP contribution in [0.25, 0.3) is 9.88 Å². The predicted octanol–water partition coefficient (Wildman–Crippen LogP) is 2.55. The van der Waals surface area contributed by atoms with Gasteiger partial charge in [-0.1, -0.05) is 6.07 Å². The molecule has 0 bridgehead atoms. The molecule has 0 saturated carbocycles. The average Bonchev–Trinajstić information content (AvgIpc) is 3.34. The minimum Gasteiger partial charge on any atom is -0.339 e. The summed E-state index contributed by atoms with van der Waals surface area (Å²) in [7, 11) is 0. The highest BCUT2D eigenvalue weighted by molar-refractivity contribution is 7.20. The van der Waals surface area contributed by atoms with Crippen LogP contribution in [-0.2, 0) is 11.2 Å². The lowest BCUT2D eigenvalue weighted by Gasteiger charge is -2.34. The van der Waals surface area contributed by atoms with Crippen LogP contribution in [0.5, 0.6) is 0 Å². The number of rotatable bonds is 4. The highest BCUT2D eigenvalue weighted by Crippen LogP contribution is 2.28. The van der Waals surface area contributed by atoms with Crippen LogP contribution in [-0.4, -0.2) is 51.9 Å². The molecule has 1 amide bonds. The van der Waals surface area contributed by atoms with Crippen molar-refractivity contribution < 1.29 is 4.79 Å². The number of carbonyl (C=O) groups excluding carboxylic acids is 1. The van der Waals surface area contributed by atoms with E-state index in [2.05, 4.69) is 25.9 Å². The van der Waals surface area contributed by atoms with Gasteiger partial charge in [0.15, 0.2) is 0 Å². The maximum absolute atomic E-state index is 12.5. The van der Waals surface area contributed by atoms with Gasteiger partial charge in [0, 0.05) is 44.0 Å². The van der Waals surface area contributed by atoms with E-state index in [1.54, 1.807) is 35.1 Å². The Morgan fingerprint density at radius 1 is 1.08 bits per heavy atom. The molecule has 1 aliphatic rings. The van der Waals surface area contributed by atoms with Crippen molar-refractivity contribution in [2.75, 3.05) is 31.1 Å². The molecule has 4 rings (SSSR count).